The lowest BCUT2D eigenvalue weighted by molar-refractivity contribution is 0.0311. The Morgan fingerprint density at radius 1 is 1.26 bits per heavy atom. The molecule has 2 N–H and O–H groups in total. The number of nitrogens with zero attached hydrogens (tertiary/aromatic N) is 1. The van der Waals surface area contributed by atoms with Crippen molar-refractivity contribution in [1.29, 1.82) is 0 Å². The molecule has 0 aliphatic carbocycles. The maximum atomic E-state index is 12.8. The molecule has 0 aliphatic rings. The molecule has 4 nitrogen and oxygen atoms in total. The number of thioether (sulfide) groups is 1. The molecule has 1 aromatic carbocycles. The van der Waals surface area contributed by atoms with Gasteiger partial charge in [0.25, 0.3) is 0 Å². The minimum absolute atomic E-state index is 0. The highest BCUT2D eigenvalue weighted by Crippen LogP contribution is 2.17. The number of nitrogens with one attached hydrogen (secondary N) is 2. The van der Waals surface area contributed by atoms with E-state index in [4.69, 9.17) is 4.74 Å². The number of hydrogen-bond acceptors (Lipinski definition) is 3. The van der Waals surface area contributed by atoms with Crippen LogP contribution in [0.2, 0.25) is 0 Å². The Morgan fingerprint density at radius 2 is 1.91 bits per heavy atom. The molecule has 0 aliphatic heterocycles. The molecule has 0 unspecified atom stereocenters. The summed E-state index contributed by atoms with van der Waals surface area (Å²) in [7, 11) is 1.69. The molecule has 0 spiro atoms. The van der Waals surface area contributed by atoms with Crippen molar-refractivity contribution in [2.24, 2.45) is 4.99 Å². The lowest BCUT2D eigenvalue weighted by Gasteiger charge is -2.21. The van der Waals surface area contributed by atoms with Crippen LogP contribution in [0.5, 0.6) is 0 Å². The molecule has 7 heteroatoms. The largest absolute Gasteiger partial charge is 0.377 e. The van der Waals surface area contributed by atoms with Gasteiger partial charge in [0.05, 0.1) is 12.1 Å². The van der Waals surface area contributed by atoms with Crippen LogP contribution < -0.4 is 10.6 Å². The first-order valence-electron chi connectivity index (χ1n) is 7.42. The van der Waals surface area contributed by atoms with E-state index >= 15 is 0 Å². The van der Waals surface area contributed by atoms with Gasteiger partial charge in [-0.2, -0.15) is 0 Å². The highest BCUT2D eigenvalue weighted by atomic mass is 127. The van der Waals surface area contributed by atoms with Gasteiger partial charge in [-0.1, -0.05) is 0 Å². The van der Waals surface area contributed by atoms with Crippen LogP contribution >= 0.6 is 35.7 Å². The van der Waals surface area contributed by atoms with Crippen LogP contribution in [0.25, 0.3) is 0 Å². The molecule has 23 heavy (non-hydrogen) atoms. The zero-order valence-corrected chi connectivity index (χ0v) is 17.3. The van der Waals surface area contributed by atoms with Crippen LogP contribution in [-0.4, -0.2) is 44.1 Å². The number of aliphatic imine (C=N–C) groups is 1. The Labute approximate surface area is 160 Å². The second-order valence-corrected chi connectivity index (χ2v) is 6.56. The Bertz CT molecular complexity index is 469. The minimum Gasteiger partial charge on any atom is -0.377 e. The van der Waals surface area contributed by atoms with Gasteiger partial charge >= 0.3 is 0 Å². The molecule has 0 radical (unpaired) electrons. The van der Waals surface area contributed by atoms with Gasteiger partial charge in [0, 0.05) is 30.8 Å². The number of benzene rings is 1. The van der Waals surface area contributed by atoms with E-state index in [9.17, 15) is 4.39 Å². The van der Waals surface area contributed by atoms with Gasteiger partial charge in [-0.05, 0) is 45.0 Å². The molecule has 132 valence electrons. The van der Waals surface area contributed by atoms with Crippen LogP contribution in [0.3, 0.4) is 0 Å². The Hall–Kier alpha value is -0.540. The van der Waals surface area contributed by atoms with E-state index in [1.807, 2.05) is 20.8 Å². The van der Waals surface area contributed by atoms with Crippen LogP contribution in [-0.2, 0) is 4.74 Å². The lowest BCUT2D eigenvalue weighted by atomic mass is 10.1. The van der Waals surface area contributed by atoms with E-state index in [1.54, 1.807) is 31.0 Å². The Balaban J connectivity index is 0.00000484. The quantitative estimate of drug-likeness (QED) is 0.207. The second-order valence-electron chi connectivity index (χ2n) is 5.39. The van der Waals surface area contributed by atoms with Crippen molar-refractivity contribution in [2.45, 2.75) is 31.3 Å². The van der Waals surface area contributed by atoms with Gasteiger partial charge in [0.15, 0.2) is 5.96 Å². The summed E-state index contributed by atoms with van der Waals surface area (Å²) in [6, 6.07) is 6.54. The number of methoxy groups -OCH3 is 1. The van der Waals surface area contributed by atoms with Gasteiger partial charge < -0.3 is 15.4 Å². The minimum atomic E-state index is -0.273. The summed E-state index contributed by atoms with van der Waals surface area (Å²) in [5.74, 6) is 1.46. The van der Waals surface area contributed by atoms with E-state index < -0.39 is 0 Å². The highest BCUT2D eigenvalue weighted by Gasteiger charge is 2.15. The number of rotatable bonds is 8. The van der Waals surface area contributed by atoms with E-state index in [-0.39, 0.29) is 35.4 Å². The summed E-state index contributed by atoms with van der Waals surface area (Å²) in [6.07, 6.45) is 0. The zero-order valence-electron chi connectivity index (χ0n) is 14.2. The Morgan fingerprint density at radius 3 is 2.48 bits per heavy atom. The smallest absolute Gasteiger partial charge is 0.191 e. The normalized spacial score (nSPS) is 11.8. The molecule has 1 rings (SSSR count). The fourth-order valence-corrected chi connectivity index (χ4v) is 2.31. The first-order chi connectivity index (χ1) is 10.5. The maximum absolute atomic E-state index is 12.8. The van der Waals surface area contributed by atoms with Crippen LogP contribution in [0.4, 0.5) is 4.39 Å². The number of guanidine groups is 1. The molecular formula is C16H27FIN3OS. The van der Waals surface area contributed by atoms with E-state index in [0.717, 1.165) is 29.7 Å². The summed E-state index contributed by atoms with van der Waals surface area (Å²) < 4.78 is 18.2. The van der Waals surface area contributed by atoms with E-state index in [2.05, 4.69) is 15.6 Å². The van der Waals surface area contributed by atoms with Crippen molar-refractivity contribution in [3.63, 3.8) is 0 Å². The van der Waals surface area contributed by atoms with Crippen LogP contribution in [0, 0.1) is 5.82 Å². The molecule has 0 bridgehead atoms. The van der Waals surface area contributed by atoms with Crippen molar-refractivity contribution in [1.82, 2.24) is 10.6 Å². The lowest BCUT2D eigenvalue weighted by Crippen LogP contribution is -2.40. The molecule has 0 aromatic heterocycles. The summed E-state index contributed by atoms with van der Waals surface area (Å²) in [5.41, 5.74) is -0.273. The molecule has 1 aromatic rings. The summed E-state index contributed by atoms with van der Waals surface area (Å²) in [5, 5.41) is 6.50. The standard InChI is InChI=1S/C16H26FN3OS.HI/c1-5-18-15(20-12-16(2,3)21-4)19-10-11-22-14-8-6-13(17)7-9-14;/h6-9H,5,10-12H2,1-4H3,(H2,18,19,20);1H. The topological polar surface area (TPSA) is 45.7 Å². The van der Waals surface area contributed by atoms with E-state index in [1.165, 1.54) is 12.1 Å². The van der Waals surface area contributed by atoms with Gasteiger partial charge in [0.1, 0.15) is 5.82 Å². The predicted octanol–water partition coefficient (Wildman–Crippen LogP) is 3.52. The summed E-state index contributed by atoms with van der Waals surface area (Å²) >= 11 is 1.68. The van der Waals surface area contributed by atoms with Gasteiger partial charge in [0.2, 0.25) is 0 Å². The fourth-order valence-electron chi connectivity index (χ4n) is 1.54. The first kappa shape index (κ1) is 22.5. The molecule has 0 saturated heterocycles. The predicted molar refractivity (Wildman–Crippen MR) is 108 cm³/mol. The molecule has 0 heterocycles. The van der Waals surface area contributed by atoms with Crippen LogP contribution in [0.1, 0.15) is 20.8 Å². The highest BCUT2D eigenvalue weighted by molar-refractivity contribution is 14.0. The second kappa shape index (κ2) is 11.9. The third kappa shape index (κ3) is 10.0. The van der Waals surface area contributed by atoms with Gasteiger partial charge in [-0.15, -0.1) is 35.7 Å². The third-order valence-corrected chi connectivity index (χ3v) is 4.01. The summed E-state index contributed by atoms with van der Waals surface area (Å²) in [4.78, 5) is 5.58. The van der Waals surface area contributed by atoms with E-state index in [0.29, 0.717) is 6.54 Å². The Kier molecular flexibility index (Phi) is 11.6. The van der Waals surface area contributed by atoms with Crippen molar-refractivity contribution in [3.8, 4) is 0 Å². The van der Waals surface area contributed by atoms with Crippen molar-refractivity contribution in [3.05, 3.63) is 30.1 Å². The summed E-state index contributed by atoms with van der Waals surface area (Å²) in [6.45, 7) is 8.22. The molecule has 0 amide bonds. The molecule has 0 atom stereocenters. The average molecular weight is 455 g/mol. The molecule has 0 fully saturated rings. The third-order valence-electron chi connectivity index (χ3n) is 2.99. The van der Waals surface area contributed by atoms with Gasteiger partial charge in [-0.25, -0.2) is 4.39 Å². The van der Waals surface area contributed by atoms with Gasteiger partial charge in [-0.3, -0.25) is 4.99 Å². The molecule has 0 saturated carbocycles. The van der Waals surface area contributed by atoms with Crippen LogP contribution in [0.15, 0.2) is 34.2 Å². The fraction of sp³-hybridized carbons (Fsp3) is 0.562. The maximum Gasteiger partial charge on any atom is 0.191 e. The first-order valence-corrected chi connectivity index (χ1v) is 8.41. The van der Waals surface area contributed by atoms with Crippen molar-refractivity contribution < 1.29 is 9.13 Å². The van der Waals surface area contributed by atoms with Crippen molar-refractivity contribution in [2.75, 3.05) is 32.5 Å². The SMILES string of the molecule is CCNC(=NCC(C)(C)OC)NCCSc1ccc(F)cc1.I. The average Bonchev–Trinajstić information content (AvgIpc) is 2.51. The zero-order chi connectivity index (χ0) is 16.4. The van der Waals surface area contributed by atoms with Crippen molar-refractivity contribution >= 4 is 41.7 Å². The number of halogens is 2. The monoisotopic (exact) mass is 455 g/mol. The molecular weight excluding hydrogens is 428 g/mol. The number of ether oxygens (including phenoxy) is 1. The number of hydrogen-bond donors (Lipinski definition) is 2.